The highest BCUT2D eigenvalue weighted by molar-refractivity contribution is 7.15. The minimum atomic E-state index is 0.133. The molecule has 0 saturated carbocycles. The van der Waals surface area contributed by atoms with Gasteiger partial charge in [-0.1, -0.05) is 18.2 Å². The van der Waals surface area contributed by atoms with Crippen LogP contribution in [-0.2, 0) is 6.54 Å². The molecular weight excluding hydrogens is 266 g/mol. The second-order valence-corrected chi connectivity index (χ2v) is 6.89. The van der Waals surface area contributed by atoms with Gasteiger partial charge >= 0.3 is 0 Å². The van der Waals surface area contributed by atoms with E-state index in [1.807, 2.05) is 12.3 Å². The van der Waals surface area contributed by atoms with E-state index in [4.69, 9.17) is 0 Å². The molecule has 4 heteroatoms. The van der Waals surface area contributed by atoms with Gasteiger partial charge in [0, 0.05) is 35.4 Å². The lowest BCUT2D eigenvalue weighted by Crippen LogP contribution is -2.34. The Bertz CT molecular complexity index is 528. The van der Waals surface area contributed by atoms with Crippen LogP contribution in [0.4, 0.5) is 10.8 Å². The third-order valence-corrected chi connectivity index (χ3v) is 3.97. The average molecular weight is 289 g/mol. The summed E-state index contributed by atoms with van der Waals surface area (Å²) in [6.45, 7) is 10.5. The lowest BCUT2D eigenvalue weighted by atomic mass is 10.1. The van der Waals surface area contributed by atoms with Crippen LogP contribution in [-0.4, -0.2) is 17.1 Å². The first-order valence-corrected chi connectivity index (χ1v) is 7.83. The topological polar surface area (TPSA) is 28.2 Å². The van der Waals surface area contributed by atoms with Gasteiger partial charge in [0.2, 0.25) is 0 Å². The van der Waals surface area contributed by atoms with Crippen molar-refractivity contribution >= 4 is 22.2 Å². The van der Waals surface area contributed by atoms with Crippen LogP contribution in [0.3, 0.4) is 0 Å². The second kappa shape index (κ2) is 6.37. The van der Waals surface area contributed by atoms with Crippen LogP contribution in [0.5, 0.6) is 0 Å². The molecule has 0 atom stereocenters. The summed E-state index contributed by atoms with van der Waals surface area (Å²) in [4.78, 5) is 8.08. The number of nitrogens with one attached hydrogen (secondary N) is 1. The van der Waals surface area contributed by atoms with E-state index >= 15 is 0 Å². The molecule has 0 aliphatic carbocycles. The van der Waals surface area contributed by atoms with Gasteiger partial charge < -0.3 is 10.2 Å². The Morgan fingerprint density at radius 1 is 1.20 bits per heavy atom. The van der Waals surface area contributed by atoms with E-state index in [0.717, 1.165) is 18.2 Å². The third-order valence-electron chi connectivity index (χ3n) is 2.95. The molecular formula is C16H23N3S. The Balaban J connectivity index is 2.11. The molecule has 1 aromatic heterocycles. The highest BCUT2D eigenvalue weighted by Gasteiger charge is 2.13. The molecule has 0 unspecified atom stereocenters. The molecule has 0 fully saturated rings. The van der Waals surface area contributed by atoms with Crippen LogP contribution in [0.15, 0.2) is 36.5 Å². The van der Waals surface area contributed by atoms with Crippen molar-refractivity contribution in [3.8, 4) is 0 Å². The predicted molar refractivity (Wildman–Crippen MR) is 87.8 cm³/mol. The molecule has 0 amide bonds. The largest absolute Gasteiger partial charge is 0.318 e. The standard InChI is InChI=1S/C16H23N3S/c1-5-19(13-9-7-6-8-10-13)15-17-11-14(20-15)12-18-16(2,3)4/h6-11,18H,5,12H2,1-4H3. The zero-order valence-corrected chi connectivity index (χ0v) is 13.5. The maximum atomic E-state index is 4.57. The van der Waals surface area contributed by atoms with E-state index in [9.17, 15) is 0 Å². The number of hydrogen-bond acceptors (Lipinski definition) is 4. The summed E-state index contributed by atoms with van der Waals surface area (Å²) in [6.07, 6.45) is 1.98. The Hall–Kier alpha value is -1.39. The van der Waals surface area contributed by atoms with Gasteiger partial charge in [0.1, 0.15) is 0 Å². The summed E-state index contributed by atoms with van der Waals surface area (Å²) in [6, 6.07) is 10.4. The lowest BCUT2D eigenvalue weighted by Gasteiger charge is -2.20. The van der Waals surface area contributed by atoms with E-state index in [1.165, 1.54) is 10.6 Å². The molecule has 0 bridgehead atoms. The number of anilines is 2. The molecule has 0 radical (unpaired) electrons. The minimum Gasteiger partial charge on any atom is -0.318 e. The summed E-state index contributed by atoms with van der Waals surface area (Å²) in [5.74, 6) is 0. The van der Waals surface area contributed by atoms with Gasteiger partial charge in [0.15, 0.2) is 5.13 Å². The van der Waals surface area contributed by atoms with Crippen LogP contribution in [0.1, 0.15) is 32.6 Å². The fourth-order valence-electron chi connectivity index (χ4n) is 1.89. The lowest BCUT2D eigenvalue weighted by molar-refractivity contribution is 0.426. The van der Waals surface area contributed by atoms with Crippen LogP contribution >= 0.6 is 11.3 Å². The molecule has 2 rings (SSSR count). The predicted octanol–water partition coefficient (Wildman–Crippen LogP) is 4.19. The van der Waals surface area contributed by atoms with E-state index in [0.29, 0.717) is 0 Å². The van der Waals surface area contributed by atoms with Gasteiger partial charge in [-0.25, -0.2) is 4.98 Å². The molecule has 1 aromatic carbocycles. The number of benzene rings is 1. The van der Waals surface area contributed by atoms with Crippen LogP contribution in [0, 0.1) is 0 Å². The number of rotatable bonds is 5. The smallest absolute Gasteiger partial charge is 0.190 e. The zero-order valence-electron chi connectivity index (χ0n) is 12.7. The second-order valence-electron chi connectivity index (χ2n) is 5.79. The molecule has 0 saturated heterocycles. The highest BCUT2D eigenvalue weighted by Crippen LogP contribution is 2.29. The minimum absolute atomic E-state index is 0.133. The monoisotopic (exact) mass is 289 g/mol. The number of hydrogen-bond donors (Lipinski definition) is 1. The summed E-state index contributed by atoms with van der Waals surface area (Å²) >= 11 is 1.75. The van der Waals surface area contributed by atoms with E-state index in [1.54, 1.807) is 11.3 Å². The number of nitrogens with zero attached hydrogens (tertiary/aromatic N) is 2. The Morgan fingerprint density at radius 2 is 1.90 bits per heavy atom. The van der Waals surface area contributed by atoms with Crippen molar-refractivity contribution in [3.05, 3.63) is 41.4 Å². The molecule has 108 valence electrons. The fraction of sp³-hybridized carbons (Fsp3) is 0.438. The average Bonchev–Trinajstić information content (AvgIpc) is 2.87. The van der Waals surface area contributed by atoms with E-state index < -0.39 is 0 Å². The Morgan fingerprint density at radius 3 is 2.50 bits per heavy atom. The van der Waals surface area contributed by atoms with Crippen molar-refractivity contribution in [2.24, 2.45) is 0 Å². The third kappa shape index (κ3) is 4.05. The first-order chi connectivity index (χ1) is 9.49. The number of thiazole rings is 1. The first-order valence-electron chi connectivity index (χ1n) is 7.02. The van der Waals surface area contributed by atoms with Gasteiger partial charge in [-0.3, -0.25) is 0 Å². The van der Waals surface area contributed by atoms with Crippen molar-refractivity contribution in [2.45, 2.75) is 39.8 Å². The summed E-state index contributed by atoms with van der Waals surface area (Å²) in [7, 11) is 0. The van der Waals surface area contributed by atoms with Crippen molar-refractivity contribution in [3.63, 3.8) is 0 Å². The molecule has 2 aromatic rings. The van der Waals surface area contributed by atoms with E-state index in [2.05, 4.69) is 67.2 Å². The Labute approximate surface area is 125 Å². The van der Waals surface area contributed by atoms with Gasteiger partial charge in [0.05, 0.1) is 0 Å². The summed E-state index contributed by atoms with van der Waals surface area (Å²) in [5, 5.41) is 4.56. The normalized spacial score (nSPS) is 11.6. The number of aromatic nitrogens is 1. The Kier molecular flexibility index (Phi) is 4.78. The molecule has 1 N–H and O–H groups in total. The number of para-hydroxylation sites is 1. The van der Waals surface area contributed by atoms with Gasteiger partial charge in [-0.15, -0.1) is 11.3 Å². The zero-order chi connectivity index (χ0) is 14.6. The first kappa shape index (κ1) is 15.0. The van der Waals surface area contributed by atoms with Crippen molar-refractivity contribution in [2.75, 3.05) is 11.4 Å². The van der Waals surface area contributed by atoms with Gasteiger partial charge in [-0.05, 0) is 39.8 Å². The molecule has 0 aliphatic rings. The molecule has 3 nitrogen and oxygen atoms in total. The van der Waals surface area contributed by atoms with Crippen molar-refractivity contribution < 1.29 is 0 Å². The highest BCUT2D eigenvalue weighted by atomic mass is 32.1. The van der Waals surface area contributed by atoms with Crippen LogP contribution in [0.2, 0.25) is 0 Å². The molecule has 0 spiro atoms. The molecule has 1 heterocycles. The van der Waals surface area contributed by atoms with Crippen LogP contribution in [0.25, 0.3) is 0 Å². The van der Waals surface area contributed by atoms with E-state index in [-0.39, 0.29) is 5.54 Å². The molecule has 0 aliphatic heterocycles. The fourth-order valence-corrected chi connectivity index (χ4v) is 2.83. The van der Waals surface area contributed by atoms with Gasteiger partial charge in [-0.2, -0.15) is 0 Å². The quantitative estimate of drug-likeness (QED) is 0.894. The summed E-state index contributed by atoms with van der Waals surface area (Å²) in [5.41, 5.74) is 1.33. The van der Waals surface area contributed by atoms with Crippen molar-refractivity contribution in [1.82, 2.24) is 10.3 Å². The molecule has 20 heavy (non-hydrogen) atoms. The van der Waals surface area contributed by atoms with Gasteiger partial charge in [0.25, 0.3) is 0 Å². The maximum absolute atomic E-state index is 4.57. The summed E-state index contributed by atoms with van der Waals surface area (Å²) < 4.78 is 0. The SMILES string of the molecule is CCN(c1ccccc1)c1ncc(CNC(C)(C)C)s1. The van der Waals surface area contributed by atoms with Crippen LogP contribution < -0.4 is 10.2 Å². The maximum Gasteiger partial charge on any atom is 0.190 e. The van der Waals surface area contributed by atoms with Crippen molar-refractivity contribution in [1.29, 1.82) is 0 Å².